The first-order chi connectivity index (χ1) is 16.5. The molecule has 0 aromatic heterocycles. The molecule has 0 saturated heterocycles. The Morgan fingerprint density at radius 3 is 0.657 bits per heavy atom. The lowest BCUT2D eigenvalue weighted by Crippen LogP contribution is -1.96. The Bertz CT molecular complexity index is 814. The summed E-state index contributed by atoms with van der Waals surface area (Å²) in [6.45, 7) is 10.1. The molecule has 0 nitrogen and oxygen atoms in total. The molecule has 4 rings (SSSR count). The van der Waals surface area contributed by atoms with Gasteiger partial charge in [0.1, 0.15) is -1.13 Å². The minimum absolute atomic E-state index is 0.410. The van der Waals surface area contributed by atoms with Crippen molar-refractivity contribution >= 4 is 180 Å². The molecule has 0 heterocycles. The van der Waals surface area contributed by atoms with Crippen molar-refractivity contribution in [3.8, 4) is 0 Å². The van der Waals surface area contributed by atoms with Crippen LogP contribution in [0.15, 0.2) is 97.1 Å². The van der Waals surface area contributed by atoms with Gasteiger partial charge < -0.3 is 0 Å². The van der Waals surface area contributed by atoms with Gasteiger partial charge >= 0.3 is 0 Å². The molecule has 4 aromatic rings. The Hall–Kier alpha value is 2.51. The van der Waals surface area contributed by atoms with Crippen LogP contribution in [0.4, 0.5) is 0 Å². The predicted octanol–water partition coefficient (Wildman–Crippen LogP) is 14.1. The average molecular weight is 1260 g/mol. The zero-order chi connectivity index (χ0) is 27.3. The molecule has 194 valence electrons. The Kier molecular flexibility index (Phi) is 27.6. The minimum Gasteiger partial charge on any atom is -0.0832 e. The van der Waals surface area contributed by atoms with E-state index in [9.17, 15) is 0 Å². The Balaban J connectivity index is 0. The topological polar surface area (TPSA) is 0 Å². The molecule has 0 unspecified atom stereocenters. The number of halogens is 7. The van der Waals surface area contributed by atoms with E-state index in [-0.39, 0.29) is 0 Å². The molecule has 0 fully saturated rings. The smallest absolute Gasteiger partial charge is 0.0832 e. The summed E-state index contributed by atoms with van der Waals surface area (Å²) in [7, 11) is 0. The van der Waals surface area contributed by atoms with Gasteiger partial charge in [0.2, 0.25) is 0 Å². The molecular formula is C28H33I7. The molecule has 0 atom stereocenters. The summed E-state index contributed by atoms with van der Waals surface area (Å²) in [6.07, 6.45) is 0. The van der Waals surface area contributed by atoms with Crippen molar-refractivity contribution in [3.05, 3.63) is 97.1 Å². The third kappa shape index (κ3) is 25.2. The van der Waals surface area contributed by atoms with Crippen LogP contribution in [0.5, 0.6) is 0 Å². The lowest BCUT2D eigenvalue weighted by atomic mass is 10.1. The summed E-state index contributed by atoms with van der Waals surface area (Å²) in [5.74, 6) is 0. The van der Waals surface area contributed by atoms with Crippen LogP contribution in [0, 0.1) is 0 Å². The van der Waals surface area contributed by atoms with Crippen LogP contribution in [0.1, 0.15) is 34.6 Å². The molecule has 0 N–H and O–H groups in total. The molecule has 0 radical (unpaired) electrons. The van der Waals surface area contributed by atoms with Gasteiger partial charge in [-0.1, -0.05) is 283 Å². The maximum Gasteiger partial charge on any atom is 0.133 e. The molecule has 0 saturated carbocycles. The second-order valence-electron chi connectivity index (χ2n) is 6.22. The highest BCUT2D eigenvalue weighted by Gasteiger charge is 2.12. The molecule has 0 amide bonds. The van der Waals surface area contributed by atoms with Crippen molar-refractivity contribution in [2.24, 2.45) is 0 Å². The number of hydrogen-bond donors (Lipinski definition) is 0. The zero-order valence-corrected chi connectivity index (χ0v) is 35.7. The largest absolute Gasteiger partial charge is 0.133 e. The van der Waals surface area contributed by atoms with Crippen molar-refractivity contribution in [3.63, 3.8) is 0 Å². The van der Waals surface area contributed by atoms with Crippen LogP contribution in [0.3, 0.4) is 0 Å². The maximum atomic E-state index is 2.41. The molecule has 0 bridgehead atoms. The molecule has 0 aliphatic heterocycles. The SMILES string of the molecule is CC.CC.CC(I)(I)I.ICC(I)(I)I.c1ccc2ccccc2c1.c1ccc2ccccc2c1. The minimum atomic E-state index is 0.410. The molecule has 0 aliphatic carbocycles. The second-order valence-corrected chi connectivity index (χ2v) is 31.4. The third-order valence-electron chi connectivity index (χ3n) is 3.47. The average Bonchev–Trinajstić information content (AvgIpc) is 2.86. The Morgan fingerprint density at radius 1 is 0.457 bits per heavy atom. The molecule has 35 heavy (non-hydrogen) atoms. The fourth-order valence-corrected chi connectivity index (χ4v) is 2.27. The van der Waals surface area contributed by atoms with Gasteiger partial charge in [0.15, 0.2) is 0 Å². The standard InChI is InChI=1S/2C10H8.C2H2I4.C2H3I3.2C2H6/c2*1-2-6-10-8-4-3-7-9(10)5-1;3-1-2(4,5)6;1-2(3,4)5;2*1-2/h2*1-8H;1H2;1H3;2*1-2H3. The summed E-state index contributed by atoms with van der Waals surface area (Å²) >= 11 is 16.6. The van der Waals surface area contributed by atoms with E-state index in [2.05, 4.69) is 262 Å². The van der Waals surface area contributed by atoms with Crippen molar-refractivity contribution in [1.82, 2.24) is 0 Å². The van der Waals surface area contributed by atoms with Crippen LogP contribution in [-0.4, -0.2) is 3.30 Å². The van der Waals surface area contributed by atoms with Crippen LogP contribution in [0.2, 0.25) is 0 Å². The van der Waals surface area contributed by atoms with Crippen LogP contribution >= 0.6 is 158 Å². The molecular weight excluding hydrogens is 1220 g/mol. The van der Waals surface area contributed by atoms with Gasteiger partial charge in [-0.05, 0) is 28.5 Å². The number of benzene rings is 4. The number of rotatable bonds is 1. The van der Waals surface area contributed by atoms with E-state index >= 15 is 0 Å². The summed E-state index contributed by atoms with van der Waals surface area (Å²) in [5, 5.41) is 5.24. The fraction of sp³-hybridized carbons (Fsp3) is 0.286. The van der Waals surface area contributed by atoms with Gasteiger partial charge in [0.05, 0.1) is 0 Å². The highest BCUT2D eigenvalue weighted by molar-refractivity contribution is 14.3. The lowest BCUT2D eigenvalue weighted by molar-refractivity contribution is 1.50. The first-order valence-corrected chi connectivity index (χ1v) is 19.1. The van der Waals surface area contributed by atoms with E-state index in [0.29, 0.717) is -1.13 Å². The quantitative estimate of drug-likeness (QED) is 0.132. The first-order valence-electron chi connectivity index (χ1n) is 11.1. The van der Waals surface area contributed by atoms with Crippen LogP contribution in [0.25, 0.3) is 21.5 Å². The van der Waals surface area contributed by atoms with E-state index < -0.39 is 0 Å². The normalized spacial score (nSPS) is 9.83. The number of fused-ring (bicyclic) bond motifs is 2. The van der Waals surface area contributed by atoms with E-state index in [4.69, 9.17) is 0 Å². The van der Waals surface area contributed by atoms with E-state index in [1.165, 1.54) is 26.0 Å². The van der Waals surface area contributed by atoms with Crippen LogP contribution < -0.4 is 0 Å². The van der Waals surface area contributed by atoms with Crippen molar-refractivity contribution < 1.29 is 0 Å². The summed E-state index contributed by atoms with van der Waals surface area (Å²) in [5.41, 5.74) is 0. The summed E-state index contributed by atoms with van der Waals surface area (Å²) in [4.78, 5) is 0. The van der Waals surface area contributed by atoms with E-state index in [1.54, 1.807) is 0 Å². The zero-order valence-electron chi connectivity index (χ0n) is 20.6. The van der Waals surface area contributed by atoms with E-state index in [1.807, 2.05) is 27.7 Å². The van der Waals surface area contributed by atoms with Gasteiger partial charge in [-0.2, -0.15) is 0 Å². The third-order valence-corrected chi connectivity index (χ3v) is 10.1. The van der Waals surface area contributed by atoms with Gasteiger partial charge in [-0.3, -0.25) is 0 Å². The molecule has 0 spiro atoms. The molecule has 4 aromatic carbocycles. The molecule has 7 heteroatoms. The monoisotopic (exact) mass is 1260 g/mol. The Morgan fingerprint density at radius 2 is 0.571 bits per heavy atom. The van der Waals surface area contributed by atoms with Gasteiger partial charge in [-0.25, -0.2) is 0 Å². The number of alkyl halides is 7. The van der Waals surface area contributed by atoms with E-state index in [0.717, 1.165) is 0 Å². The Labute approximate surface area is 309 Å². The lowest BCUT2D eigenvalue weighted by Gasteiger charge is -2.03. The highest BCUT2D eigenvalue weighted by atomic mass is 127. The predicted molar refractivity (Wildman–Crippen MR) is 225 cm³/mol. The van der Waals surface area contributed by atoms with Crippen molar-refractivity contribution in [1.29, 1.82) is 0 Å². The summed E-state index contributed by atoms with van der Waals surface area (Å²) < 4.78 is 2.05. The fourth-order valence-electron chi connectivity index (χ4n) is 2.27. The van der Waals surface area contributed by atoms with Crippen molar-refractivity contribution in [2.45, 2.75) is 33.5 Å². The van der Waals surface area contributed by atoms with Gasteiger partial charge in [0.25, 0.3) is 0 Å². The summed E-state index contributed by atoms with van der Waals surface area (Å²) in [6, 6.07) is 33.4. The van der Waals surface area contributed by atoms with Crippen molar-refractivity contribution in [2.75, 3.05) is 4.43 Å². The van der Waals surface area contributed by atoms with Gasteiger partial charge in [0, 0.05) is 4.43 Å². The first kappa shape index (κ1) is 39.7. The van der Waals surface area contributed by atoms with Crippen LogP contribution in [-0.2, 0) is 0 Å². The highest BCUT2D eigenvalue weighted by Crippen LogP contribution is 2.36. The maximum absolute atomic E-state index is 2.41. The number of hydrogen-bond acceptors (Lipinski definition) is 0. The van der Waals surface area contributed by atoms with Gasteiger partial charge in [-0.15, -0.1) is 0 Å². The molecule has 0 aliphatic rings. The second kappa shape index (κ2) is 24.3.